The van der Waals surface area contributed by atoms with E-state index in [4.69, 9.17) is 18.9 Å². The van der Waals surface area contributed by atoms with E-state index in [1.807, 2.05) is 18.2 Å². The molecule has 1 saturated heterocycles. The standard InChI is InChI=1S/C26H34O7/c1-30-23-11-16(8-10-21(23)28)7-9-20-14-18(27)15-22(33-20)17-12-24(31-2)26(29)25(13-17)32-19-5-3-4-6-19/h8,10-13,18-20,22,27-29H,3-7,9,14-15H2,1-2H3/t18-,20+,22-/m0/s1. The molecule has 180 valence electrons. The molecule has 0 bridgehead atoms. The summed E-state index contributed by atoms with van der Waals surface area (Å²) in [6, 6.07) is 8.90. The molecule has 1 aliphatic carbocycles. The number of rotatable bonds is 8. The first-order valence-corrected chi connectivity index (χ1v) is 11.7. The molecule has 0 radical (unpaired) electrons. The molecule has 2 aromatic rings. The fourth-order valence-electron chi connectivity index (χ4n) is 4.82. The average molecular weight is 459 g/mol. The SMILES string of the molecule is COc1cc(CC[C@@H]2C[C@H](O)C[C@@H](c3cc(OC)c(O)c(OC4CCCC4)c3)O2)ccc1O. The van der Waals surface area contributed by atoms with Gasteiger partial charge in [0.05, 0.1) is 38.6 Å². The molecule has 7 nitrogen and oxygen atoms in total. The maximum atomic E-state index is 10.6. The van der Waals surface area contributed by atoms with Gasteiger partial charge in [-0.25, -0.2) is 0 Å². The minimum Gasteiger partial charge on any atom is -0.504 e. The molecule has 0 amide bonds. The number of benzene rings is 2. The Morgan fingerprint density at radius 1 is 0.939 bits per heavy atom. The van der Waals surface area contributed by atoms with Crippen molar-refractivity contribution in [2.24, 2.45) is 0 Å². The lowest BCUT2D eigenvalue weighted by atomic mass is 9.93. The maximum Gasteiger partial charge on any atom is 0.200 e. The van der Waals surface area contributed by atoms with Crippen molar-refractivity contribution in [2.75, 3.05) is 14.2 Å². The summed E-state index contributed by atoms with van der Waals surface area (Å²) in [7, 11) is 3.05. The van der Waals surface area contributed by atoms with Gasteiger partial charge in [-0.2, -0.15) is 0 Å². The van der Waals surface area contributed by atoms with Crippen LogP contribution in [0, 0.1) is 0 Å². The van der Waals surface area contributed by atoms with E-state index >= 15 is 0 Å². The van der Waals surface area contributed by atoms with Crippen LogP contribution in [0.5, 0.6) is 28.7 Å². The van der Waals surface area contributed by atoms with E-state index in [2.05, 4.69) is 0 Å². The summed E-state index contributed by atoms with van der Waals surface area (Å²) >= 11 is 0. The van der Waals surface area contributed by atoms with Crippen LogP contribution in [0.4, 0.5) is 0 Å². The third-order valence-electron chi connectivity index (χ3n) is 6.63. The number of phenolic OH excluding ortho intramolecular Hbond substituents is 2. The quantitative estimate of drug-likeness (QED) is 0.530. The van der Waals surface area contributed by atoms with Crippen molar-refractivity contribution in [3.63, 3.8) is 0 Å². The number of hydrogen-bond acceptors (Lipinski definition) is 7. The topological polar surface area (TPSA) is 97.6 Å². The first kappa shape index (κ1) is 23.5. The van der Waals surface area contributed by atoms with Crippen LogP contribution in [0.3, 0.4) is 0 Å². The fraction of sp³-hybridized carbons (Fsp3) is 0.538. The minimum atomic E-state index is -0.484. The molecule has 4 rings (SSSR count). The Bertz CT molecular complexity index is 938. The summed E-state index contributed by atoms with van der Waals surface area (Å²) < 4.78 is 23.1. The summed E-state index contributed by atoms with van der Waals surface area (Å²) in [5, 5.41) is 30.9. The Balaban J connectivity index is 1.47. The van der Waals surface area contributed by atoms with Crippen molar-refractivity contribution in [1.82, 2.24) is 0 Å². The van der Waals surface area contributed by atoms with Crippen LogP contribution in [0.15, 0.2) is 30.3 Å². The van der Waals surface area contributed by atoms with E-state index < -0.39 is 6.10 Å². The lowest BCUT2D eigenvalue weighted by Gasteiger charge is -2.34. The van der Waals surface area contributed by atoms with Gasteiger partial charge in [-0.15, -0.1) is 0 Å². The van der Waals surface area contributed by atoms with Crippen LogP contribution in [0.1, 0.15) is 62.2 Å². The van der Waals surface area contributed by atoms with Crippen LogP contribution in [0.25, 0.3) is 0 Å². The zero-order chi connectivity index (χ0) is 23.4. The number of methoxy groups -OCH3 is 2. The fourth-order valence-corrected chi connectivity index (χ4v) is 4.82. The van der Waals surface area contributed by atoms with Gasteiger partial charge in [0.1, 0.15) is 0 Å². The molecule has 33 heavy (non-hydrogen) atoms. The van der Waals surface area contributed by atoms with E-state index in [0.29, 0.717) is 30.1 Å². The highest BCUT2D eigenvalue weighted by molar-refractivity contribution is 5.53. The first-order valence-electron chi connectivity index (χ1n) is 11.7. The molecule has 0 spiro atoms. The Kier molecular flexibility index (Phi) is 7.50. The van der Waals surface area contributed by atoms with E-state index in [1.165, 1.54) is 14.2 Å². The normalized spacial score (nSPS) is 23.4. The third kappa shape index (κ3) is 5.65. The number of aromatic hydroxyl groups is 2. The summed E-state index contributed by atoms with van der Waals surface area (Å²) in [4.78, 5) is 0. The Hall–Kier alpha value is -2.64. The number of aliphatic hydroxyl groups is 1. The van der Waals surface area contributed by atoms with Crippen molar-refractivity contribution < 1.29 is 34.3 Å². The van der Waals surface area contributed by atoms with Gasteiger partial charge in [0, 0.05) is 6.42 Å². The second kappa shape index (κ2) is 10.5. The summed E-state index contributed by atoms with van der Waals surface area (Å²) in [5.74, 6) is 1.32. The molecule has 2 aromatic carbocycles. The lowest BCUT2D eigenvalue weighted by molar-refractivity contribution is -0.0999. The predicted octanol–water partition coefficient (Wildman–Crippen LogP) is 4.65. The van der Waals surface area contributed by atoms with Crippen molar-refractivity contribution in [1.29, 1.82) is 0 Å². The number of ether oxygens (including phenoxy) is 4. The zero-order valence-electron chi connectivity index (χ0n) is 19.3. The number of phenols is 2. The van der Waals surface area contributed by atoms with Gasteiger partial charge in [-0.1, -0.05) is 6.07 Å². The van der Waals surface area contributed by atoms with E-state index in [0.717, 1.165) is 49.7 Å². The Morgan fingerprint density at radius 3 is 2.39 bits per heavy atom. The van der Waals surface area contributed by atoms with Gasteiger partial charge in [-0.05, 0) is 80.3 Å². The molecule has 2 aliphatic rings. The second-order valence-electron chi connectivity index (χ2n) is 9.01. The smallest absolute Gasteiger partial charge is 0.200 e. The Morgan fingerprint density at radius 2 is 1.67 bits per heavy atom. The van der Waals surface area contributed by atoms with Gasteiger partial charge in [0.2, 0.25) is 5.75 Å². The summed E-state index contributed by atoms with van der Waals surface area (Å²) in [5.41, 5.74) is 1.86. The lowest BCUT2D eigenvalue weighted by Crippen LogP contribution is -2.31. The molecule has 0 aromatic heterocycles. The van der Waals surface area contributed by atoms with Gasteiger partial charge in [-0.3, -0.25) is 0 Å². The third-order valence-corrected chi connectivity index (χ3v) is 6.63. The van der Waals surface area contributed by atoms with Crippen LogP contribution >= 0.6 is 0 Å². The summed E-state index contributed by atoms with van der Waals surface area (Å²) in [6.07, 6.45) is 5.88. The van der Waals surface area contributed by atoms with Crippen molar-refractivity contribution in [3.8, 4) is 28.7 Å². The average Bonchev–Trinajstić information content (AvgIpc) is 3.32. The number of hydrogen-bond donors (Lipinski definition) is 3. The largest absolute Gasteiger partial charge is 0.504 e. The zero-order valence-corrected chi connectivity index (χ0v) is 19.3. The molecule has 0 unspecified atom stereocenters. The van der Waals surface area contributed by atoms with Gasteiger partial charge in [0.15, 0.2) is 23.0 Å². The van der Waals surface area contributed by atoms with Crippen LogP contribution in [-0.2, 0) is 11.2 Å². The van der Waals surface area contributed by atoms with Crippen molar-refractivity contribution in [2.45, 2.75) is 75.8 Å². The Labute approximate surface area is 194 Å². The highest BCUT2D eigenvalue weighted by Crippen LogP contribution is 2.43. The van der Waals surface area contributed by atoms with E-state index in [9.17, 15) is 15.3 Å². The van der Waals surface area contributed by atoms with E-state index in [1.54, 1.807) is 12.1 Å². The van der Waals surface area contributed by atoms with Gasteiger partial charge >= 0.3 is 0 Å². The first-order chi connectivity index (χ1) is 16.0. The second-order valence-corrected chi connectivity index (χ2v) is 9.01. The van der Waals surface area contributed by atoms with Crippen molar-refractivity contribution >= 4 is 0 Å². The molecule has 1 aliphatic heterocycles. The van der Waals surface area contributed by atoms with E-state index in [-0.39, 0.29) is 29.8 Å². The highest BCUT2D eigenvalue weighted by atomic mass is 16.5. The molecule has 3 atom stereocenters. The van der Waals surface area contributed by atoms with Gasteiger partial charge < -0.3 is 34.3 Å². The highest BCUT2D eigenvalue weighted by Gasteiger charge is 2.31. The molecule has 7 heteroatoms. The van der Waals surface area contributed by atoms with Crippen LogP contribution in [0.2, 0.25) is 0 Å². The molecule has 2 fully saturated rings. The summed E-state index contributed by atoms with van der Waals surface area (Å²) in [6.45, 7) is 0. The number of aliphatic hydroxyl groups excluding tert-OH is 1. The predicted molar refractivity (Wildman–Crippen MR) is 123 cm³/mol. The van der Waals surface area contributed by atoms with Crippen molar-refractivity contribution in [3.05, 3.63) is 41.5 Å². The molecule has 1 saturated carbocycles. The van der Waals surface area contributed by atoms with Crippen LogP contribution in [-0.4, -0.2) is 47.9 Å². The monoisotopic (exact) mass is 458 g/mol. The van der Waals surface area contributed by atoms with Gasteiger partial charge in [0.25, 0.3) is 0 Å². The molecular weight excluding hydrogens is 424 g/mol. The van der Waals surface area contributed by atoms with Crippen LogP contribution < -0.4 is 14.2 Å². The molecule has 3 N–H and O–H groups in total. The maximum absolute atomic E-state index is 10.6. The molecule has 1 heterocycles. The number of aryl methyl sites for hydroxylation is 1. The molecular formula is C26H34O7. The minimum absolute atomic E-state index is 0.00216.